The second-order valence-corrected chi connectivity index (χ2v) is 3.36. The van der Waals surface area contributed by atoms with Crippen molar-refractivity contribution in [2.45, 2.75) is 39.9 Å². The van der Waals surface area contributed by atoms with E-state index in [0.29, 0.717) is 19.8 Å². The summed E-state index contributed by atoms with van der Waals surface area (Å²) >= 11 is 0. The molecule has 0 rings (SSSR count). The highest BCUT2D eigenvalue weighted by molar-refractivity contribution is 4.56. The molecule has 0 heterocycles. The number of ether oxygens (including phenoxy) is 3. The third-order valence-corrected chi connectivity index (χ3v) is 1.72. The van der Waals surface area contributed by atoms with Crippen molar-refractivity contribution in [3.05, 3.63) is 6.42 Å². The molecule has 0 spiro atoms. The topological polar surface area (TPSA) is 27.7 Å². The van der Waals surface area contributed by atoms with Gasteiger partial charge in [0.2, 0.25) is 0 Å². The molecule has 0 aromatic rings. The van der Waals surface area contributed by atoms with Crippen LogP contribution in [0, 0.1) is 6.42 Å². The Bertz CT molecular complexity index is 103. The molecule has 0 aliphatic carbocycles. The summed E-state index contributed by atoms with van der Waals surface area (Å²) in [7, 11) is 0. The van der Waals surface area contributed by atoms with E-state index >= 15 is 0 Å². The Morgan fingerprint density at radius 2 is 1.71 bits per heavy atom. The average Bonchev–Trinajstić information content (AvgIpc) is 2.20. The molecule has 1 radical (unpaired) electrons. The van der Waals surface area contributed by atoms with Crippen LogP contribution in [-0.2, 0) is 14.2 Å². The van der Waals surface area contributed by atoms with E-state index in [4.69, 9.17) is 14.2 Å². The van der Waals surface area contributed by atoms with Crippen LogP contribution in [0.1, 0.15) is 27.7 Å². The van der Waals surface area contributed by atoms with Gasteiger partial charge in [0, 0.05) is 13.2 Å². The number of rotatable bonds is 9. The first kappa shape index (κ1) is 13.9. The molecule has 2 atom stereocenters. The van der Waals surface area contributed by atoms with Crippen LogP contribution >= 0.6 is 0 Å². The monoisotopic (exact) mass is 203 g/mol. The standard InChI is InChI=1S/C11H23O3/c1-5-7-13-11(4)9-14-10(3)8-12-6-2/h5,10-11H,6-9H2,1-4H3. The van der Waals surface area contributed by atoms with Crippen LogP contribution in [0.4, 0.5) is 0 Å². The summed E-state index contributed by atoms with van der Waals surface area (Å²) in [6, 6.07) is 0. The predicted molar refractivity (Wildman–Crippen MR) is 57.3 cm³/mol. The SMILES string of the molecule is C[CH]COC(C)COC(C)COCC. The molecule has 0 aromatic carbocycles. The molecule has 0 fully saturated rings. The molecule has 3 heteroatoms. The highest BCUT2D eigenvalue weighted by atomic mass is 16.6. The molecule has 0 amide bonds. The summed E-state index contributed by atoms with van der Waals surface area (Å²) in [5.74, 6) is 0. The van der Waals surface area contributed by atoms with Gasteiger partial charge in [-0.2, -0.15) is 0 Å². The van der Waals surface area contributed by atoms with E-state index in [1.165, 1.54) is 0 Å². The Balaban J connectivity index is 3.31. The molecule has 85 valence electrons. The van der Waals surface area contributed by atoms with Crippen molar-refractivity contribution in [1.82, 2.24) is 0 Å². The van der Waals surface area contributed by atoms with Gasteiger partial charge in [0.15, 0.2) is 0 Å². The molecular weight excluding hydrogens is 180 g/mol. The Labute approximate surface area is 87.7 Å². The summed E-state index contributed by atoms with van der Waals surface area (Å²) < 4.78 is 16.2. The first-order valence-electron chi connectivity index (χ1n) is 5.29. The van der Waals surface area contributed by atoms with E-state index < -0.39 is 0 Å². The zero-order valence-corrected chi connectivity index (χ0v) is 9.79. The van der Waals surface area contributed by atoms with Gasteiger partial charge in [-0.05, 0) is 27.2 Å². The molecule has 0 N–H and O–H groups in total. The fourth-order valence-corrected chi connectivity index (χ4v) is 0.940. The van der Waals surface area contributed by atoms with Gasteiger partial charge >= 0.3 is 0 Å². The van der Waals surface area contributed by atoms with Gasteiger partial charge in [-0.25, -0.2) is 0 Å². The summed E-state index contributed by atoms with van der Waals surface area (Å²) in [4.78, 5) is 0. The van der Waals surface area contributed by atoms with E-state index in [2.05, 4.69) is 0 Å². The van der Waals surface area contributed by atoms with Crippen molar-refractivity contribution >= 4 is 0 Å². The normalized spacial score (nSPS) is 15.4. The van der Waals surface area contributed by atoms with Crippen LogP contribution < -0.4 is 0 Å². The maximum absolute atomic E-state index is 5.54. The average molecular weight is 203 g/mol. The molecule has 0 saturated carbocycles. The quantitative estimate of drug-likeness (QED) is 0.574. The summed E-state index contributed by atoms with van der Waals surface area (Å²) in [5, 5.41) is 0. The molecular formula is C11H23O3. The fourth-order valence-electron chi connectivity index (χ4n) is 0.940. The Morgan fingerprint density at radius 3 is 2.29 bits per heavy atom. The van der Waals surface area contributed by atoms with Crippen molar-refractivity contribution in [2.75, 3.05) is 26.4 Å². The van der Waals surface area contributed by atoms with Crippen LogP contribution in [-0.4, -0.2) is 38.6 Å². The minimum Gasteiger partial charge on any atom is -0.379 e. The van der Waals surface area contributed by atoms with E-state index in [9.17, 15) is 0 Å². The molecule has 0 aromatic heterocycles. The molecule has 0 bridgehead atoms. The smallest absolute Gasteiger partial charge is 0.0781 e. The largest absolute Gasteiger partial charge is 0.379 e. The molecule has 0 aliphatic heterocycles. The zero-order valence-electron chi connectivity index (χ0n) is 9.79. The lowest BCUT2D eigenvalue weighted by Gasteiger charge is -2.17. The van der Waals surface area contributed by atoms with Crippen LogP contribution in [0.5, 0.6) is 0 Å². The molecule has 0 saturated heterocycles. The van der Waals surface area contributed by atoms with Gasteiger partial charge in [-0.15, -0.1) is 0 Å². The summed E-state index contributed by atoms with van der Waals surface area (Å²) in [6.45, 7) is 10.7. The minimum atomic E-state index is 0.145. The van der Waals surface area contributed by atoms with E-state index in [0.717, 1.165) is 6.61 Å². The maximum Gasteiger partial charge on any atom is 0.0781 e. The zero-order chi connectivity index (χ0) is 10.8. The van der Waals surface area contributed by atoms with E-state index in [1.54, 1.807) is 0 Å². The fraction of sp³-hybridized carbons (Fsp3) is 0.909. The van der Waals surface area contributed by atoms with Crippen molar-refractivity contribution in [1.29, 1.82) is 0 Å². The summed E-state index contributed by atoms with van der Waals surface area (Å²) in [5.41, 5.74) is 0. The Hall–Kier alpha value is -0.120. The Kier molecular flexibility index (Phi) is 9.35. The first-order valence-corrected chi connectivity index (χ1v) is 5.29. The minimum absolute atomic E-state index is 0.145. The lowest BCUT2D eigenvalue weighted by atomic mass is 10.4. The van der Waals surface area contributed by atoms with Crippen LogP contribution in [0.15, 0.2) is 0 Å². The lowest BCUT2D eigenvalue weighted by Crippen LogP contribution is -2.23. The molecule has 0 aliphatic rings. The van der Waals surface area contributed by atoms with Gasteiger partial charge in [-0.3, -0.25) is 0 Å². The van der Waals surface area contributed by atoms with Crippen molar-refractivity contribution < 1.29 is 14.2 Å². The summed E-state index contributed by atoms with van der Waals surface area (Å²) in [6.07, 6.45) is 2.28. The van der Waals surface area contributed by atoms with Gasteiger partial charge in [0.05, 0.1) is 25.4 Å². The van der Waals surface area contributed by atoms with Crippen molar-refractivity contribution in [3.63, 3.8) is 0 Å². The number of hydrogen-bond acceptors (Lipinski definition) is 3. The van der Waals surface area contributed by atoms with Crippen molar-refractivity contribution in [2.24, 2.45) is 0 Å². The predicted octanol–water partition coefficient (Wildman–Crippen LogP) is 2.06. The van der Waals surface area contributed by atoms with E-state index in [-0.39, 0.29) is 12.2 Å². The van der Waals surface area contributed by atoms with Gasteiger partial charge in [0.25, 0.3) is 0 Å². The van der Waals surface area contributed by atoms with Gasteiger partial charge in [-0.1, -0.05) is 6.92 Å². The highest BCUT2D eigenvalue weighted by Gasteiger charge is 2.06. The second-order valence-electron chi connectivity index (χ2n) is 3.36. The number of hydrogen-bond donors (Lipinski definition) is 0. The third kappa shape index (κ3) is 8.48. The second kappa shape index (κ2) is 9.44. The van der Waals surface area contributed by atoms with Crippen LogP contribution in [0.2, 0.25) is 0 Å². The van der Waals surface area contributed by atoms with Gasteiger partial charge < -0.3 is 14.2 Å². The van der Waals surface area contributed by atoms with Crippen LogP contribution in [0.3, 0.4) is 0 Å². The Morgan fingerprint density at radius 1 is 1.07 bits per heavy atom. The third-order valence-electron chi connectivity index (χ3n) is 1.72. The first-order chi connectivity index (χ1) is 6.70. The lowest BCUT2D eigenvalue weighted by molar-refractivity contribution is -0.0520. The van der Waals surface area contributed by atoms with Crippen LogP contribution in [0.25, 0.3) is 0 Å². The van der Waals surface area contributed by atoms with E-state index in [1.807, 2.05) is 34.1 Å². The molecule has 14 heavy (non-hydrogen) atoms. The highest BCUT2D eigenvalue weighted by Crippen LogP contribution is 1.98. The molecule has 3 nitrogen and oxygen atoms in total. The maximum atomic E-state index is 5.54. The van der Waals surface area contributed by atoms with Gasteiger partial charge in [0.1, 0.15) is 0 Å². The van der Waals surface area contributed by atoms with Crippen molar-refractivity contribution in [3.8, 4) is 0 Å². The molecule has 2 unspecified atom stereocenters.